The average molecular weight is 1050 g/mol. The van der Waals surface area contributed by atoms with Crippen molar-refractivity contribution in [2.45, 2.75) is 113 Å². The highest BCUT2D eigenvalue weighted by Gasteiger charge is 2.35. The second-order valence-corrected chi connectivity index (χ2v) is 17.9. The van der Waals surface area contributed by atoms with Crippen molar-refractivity contribution in [3.63, 3.8) is 0 Å². The van der Waals surface area contributed by atoms with Gasteiger partial charge in [-0.1, -0.05) is 65.3 Å². The molecular formula is C46H71ClN14O12. The van der Waals surface area contributed by atoms with E-state index in [1.54, 1.807) is 4.90 Å². The van der Waals surface area contributed by atoms with Crippen LogP contribution < -0.4 is 28.3 Å². The Bertz CT molecular complexity index is 2260. The largest absolute Gasteiger partial charge is 0.394 e. The van der Waals surface area contributed by atoms with E-state index in [0.717, 1.165) is 35.1 Å². The van der Waals surface area contributed by atoms with Crippen molar-refractivity contribution in [3.05, 3.63) is 76.3 Å². The molecule has 2 amide bonds. The van der Waals surface area contributed by atoms with Crippen molar-refractivity contribution >= 4 is 41.0 Å². The van der Waals surface area contributed by atoms with Crippen LogP contribution in [-0.2, 0) is 17.6 Å². The summed E-state index contributed by atoms with van der Waals surface area (Å²) in [6.45, 7) is -1.90. The van der Waals surface area contributed by atoms with Gasteiger partial charge in [0.1, 0.15) is 36.6 Å². The number of amides is 2. The maximum absolute atomic E-state index is 14.3. The molecule has 404 valence electrons. The van der Waals surface area contributed by atoms with Crippen LogP contribution in [0.1, 0.15) is 78.4 Å². The van der Waals surface area contributed by atoms with Crippen LogP contribution in [-0.4, -0.2) is 211 Å². The summed E-state index contributed by atoms with van der Waals surface area (Å²) < 4.78 is 0. The Morgan fingerprint density at radius 1 is 0.712 bits per heavy atom. The number of unbranched alkanes of at least 4 members (excludes halogenated alkanes) is 2. The number of halogens is 1. The number of hydrogen-bond acceptors (Lipinski definition) is 22. The molecule has 4 rings (SSSR count). The lowest BCUT2D eigenvalue weighted by atomic mass is 9.99. The maximum Gasteiger partial charge on any atom is 0.280 e. The van der Waals surface area contributed by atoms with E-state index in [9.17, 15) is 60.7 Å². The second kappa shape index (κ2) is 30.6. The molecule has 0 saturated heterocycles. The molecule has 4 aromatic rings. The summed E-state index contributed by atoms with van der Waals surface area (Å²) in [5.41, 5.74) is 26.7. The van der Waals surface area contributed by atoms with Crippen molar-refractivity contribution < 1.29 is 60.7 Å². The van der Waals surface area contributed by atoms with Gasteiger partial charge in [-0.25, -0.2) is 9.97 Å². The van der Waals surface area contributed by atoms with Gasteiger partial charge in [-0.15, -0.1) is 10.2 Å². The van der Waals surface area contributed by atoms with Crippen molar-refractivity contribution in [1.29, 1.82) is 0 Å². The van der Waals surface area contributed by atoms with Gasteiger partial charge in [-0.05, 0) is 80.2 Å². The first-order valence-electron chi connectivity index (χ1n) is 23.9. The van der Waals surface area contributed by atoms with Crippen LogP contribution in [0.2, 0.25) is 5.15 Å². The topological polar surface area (TPSA) is 452 Å². The number of anilines is 2. The van der Waals surface area contributed by atoms with Gasteiger partial charge in [-0.3, -0.25) is 24.8 Å². The number of rotatable bonds is 32. The number of aromatic amines is 1. The molecule has 0 spiro atoms. The fraction of sp³-hybridized carbons (Fsp3) is 0.565. The molecule has 0 aliphatic carbocycles. The van der Waals surface area contributed by atoms with Crippen LogP contribution in [0.3, 0.4) is 0 Å². The van der Waals surface area contributed by atoms with Crippen molar-refractivity contribution in [3.8, 4) is 11.1 Å². The van der Waals surface area contributed by atoms with E-state index in [0.29, 0.717) is 45.2 Å². The molecule has 0 bridgehead atoms. The zero-order chi connectivity index (χ0) is 53.6. The number of carbonyl (C=O) groups excluding carboxylic acids is 2. The van der Waals surface area contributed by atoms with Gasteiger partial charge in [0.2, 0.25) is 5.91 Å². The number of nitrogens with one attached hydrogen (secondary N) is 2. The smallest absolute Gasteiger partial charge is 0.280 e. The number of nitrogens with zero attached hydrogens (tertiary/aromatic N) is 8. The first-order chi connectivity index (χ1) is 34.9. The standard InChI is InChI=1S/C46H71ClN14O12/c47-41-43(50)54-42(49)36(53-41)45(73)55-46(51)52-19-4-2-6-26-8-13-28(14-9-26)29-15-10-27(11-16-29)12-17-35(68)61(30(7-1-3-18-48)44-56-58-59-57-44)21-5-20-60(22-31(64)37(69)39(71)33(66)24-62)23-32(65)38(70)40(72)34(67)25-63/h8-11,13-16,30-34,37-40,62-67,69-72H,1-7,12,17-25,48H2,(H4,49,50,54)(H3,51,52,55,73)(H,56,57,58,59). The molecular weight excluding hydrogens is 976 g/mol. The molecule has 0 radical (unpaired) electrons. The predicted octanol–water partition coefficient (Wildman–Crippen LogP) is -3.26. The number of aliphatic hydroxyl groups excluding tert-OH is 10. The molecule has 0 aliphatic heterocycles. The Kier molecular flexibility index (Phi) is 25.1. The zero-order valence-corrected chi connectivity index (χ0v) is 41.1. The molecule has 9 atom stereocenters. The Hall–Kier alpha value is -5.59. The van der Waals surface area contributed by atoms with Crippen LogP contribution in [0.15, 0.2) is 53.5 Å². The quantitative estimate of drug-likeness (QED) is 0.0130. The first-order valence-corrected chi connectivity index (χ1v) is 24.3. The first kappa shape index (κ1) is 60.0. The molecule has 9 unspecified atom stereocenters. The highest BCUT2D eigenvalue weighted by molar-refractivity contribution is 6.31. The minimum absolute atomic E-state index is 0.0107. The summed E-state index contributed by atoms with van der Waals surface area (Å²) in [6.07, 6.45) is -10.3. The molecule has 2 aromatic carbocycles. The van der Waals surface area contributed by atoms with Crippen molar-refractivity contribution in [2.24, 2.45) is 16.5 Å². The van der Waals surface area contributed by atoms with Crippen molar-refractivity contribution in [2.75, 3.05) is 63.9 Å². The number of nitrogen functional groups attached to an aromatic ring is 2. The molecule has 0 aliphatic rings. The summed E-state index contributed by atoms with van der Waals surface area (Å²) in [4.78, 5) is 41.6. The van der Waals surface area contributed by atoms with E-state index in [2.05, 4.69) is 40.9 Å². The number of H-pyrrole nitrogens is 1. The number of aliphatic imine (C=N–C) groups is 1. The number of aromatic nitrogens is 6. The highest BCUT2D eigenvalue weighted by Crippen LogP contribution is 2.27. The van der Waals surface area contributed by atoms with Gasteiger partial charge in [0.15, 0.2) is 34.3 Å². The van der Waals surface area contributed by atoms with Crippen LogP contribution in [0.4, 0.5) is 11.6 Å². The molecule has 73 heavy (non-hydrogen) atoms. The van der Waals surface area contributed by atoms with E-state index in [-0.39, 0.29) is 66.1 Å². The number of tetrazole rings is 1. The van der Waals surface area contributed by atoms with Gasteiger partial charge >= 0.3 is 0 Å². The van der Waals surface area contributed by atoms with E-state index in [4.69, 9.17) is 34.5 Å². The van der Waals surface area contributed by atoms with E-state index in [1.165, 1.54) is 4.90 Å². The number of guanidine groups is 1. The fourth-order valence-electron chi connectivity index (χ4n) is 7.85. The molecule has 27 heteroatoms. The van der Waals surface area contributed by atoms with Crippen molar-refractivity contribution in [1.82, 2.24) is 45.7 Å². The van der Waals surface area contributed by atoms with Crippen LogP contribution in [0.25, 0.3) is 11.1 Å². The molecule has 26 nitrogen and oxygen atoms in total. The monoisotopic (exact) mass is 1050 g/mol. The summed E-state index contributed by atoms with van der Waals surface area (Å²) in [5, 5.41) is 118. The number of nitrogens with two attached hydrogens (primary N) is 4. The van der Waals surface area contributed by atoms with Crippen LogP contribution in [0.5, 0.6) is 0 Å². The fourth-order valence-corrected chi connectivity index (χ4v) is 7.98. The number of benzene rings is 2. The van der Waals surface area contributed by atoms with Gasteiger partial charge in [0.05, 0.1) is 31.5 Å². The van der Waals surface area contributed by atoms with Gasteiger partial charge in [-0.2, -0.15) is 5.21 Å². The summed E-state index contributed by atoms with van der Waals surface area (Å²) in [6, 6.07) is 15.4. The average Bonchev–Trinajstić information content (AvgIpc) is 3.93. The number of aryl methyl sites for hydroxylation is 2. The summed E-state index contributed by atoms with van der Waals surface area (Å²) in [5.74, 6) is -1.09. The van der Waals surface area contributed by atoms with E-state index >= 15 is 0 Å². The Labute approximate surface area is 426 Å². The molecule has 0 saturated carbocycles. The Morgan fingerprint density at radius 3 is 1.81 bits per heavy atom. The lowest BCUT2D eigenvalue weighted by Crippen LogP contribution is -2.53. The second-order valence-electron chi connectivity index (χ2n) is 17.6. The zero-order valence-electron chi connectivity index (χ0n) is 40.4. The molecule has 20 N–H and O–H groups in total. The number of carbonyl (C=O) groups is 2. The Balaban J connectivity index is 1.38. The number of aliphatic hydroxyl groups is 10. The third-order valence-electron chi connectivity index (χ3n) is 12.1. The van der Waals surface area contributed by atoms with E-state index < -0.39 is 87.1 Å². The molecule has 2 heterocycles. The predicted molar refractivity (Wildman–Crippen MR) is 268 cm³/mol. The minimum Gasteiger partial charge on any atom is -0.394 e. The third-order valence-corrected chi connectivity index (χ3v) is 12.4. The van der Waals surface area contributed by atoms with Gasteiger partial charge < -0.3 is 78.9 Å². The molecule has 0 fully saturated rings. The Morgan fingerprint density at radius 2 is 1.27 bits per heavy atom. The van der Waals surface area contributed by atoms with Crippen LogP contribution >= 0.6 is 11.6 Å². The van der Waals surface area contributed by atoms with Gasteiger partial charge in [0.25, 0.3) is 5.91 Å². The molecule has 2 aromatic heterocycles. The SMILES string of the molecule is NCCCCC(c1nn[nH]n1)N(CCCN(CC(O)C(O)C(O)C(O)CO)CC(O)C(O)C(O)C(O)CO)C(=O)CCc1ccc(-c2ccc(CCCCN=C(N)NC(=O)c3nc(Cl)c(N)nc3N)cc2)cc1. The van der Waals surface area contributed by atoms with E-state index in [1.807, 2.05) is 48.5 Å². The minimum atomic E-state index is -1.96. The van der Waals surface area contributed by atoms with Gasteiger partial charge in [0, 0.05) is 39.1 Å². The summed E-state index contributed by atoms with van der Waals surface area (Å²) >= 11 is 5.85. The van der Waals surface area contributed by atoms with Crippen LogP contribution in [0, 0.1) is 0 Å². The lowest BCUT2D eigenvalue weighted by molar-refractivity contribution is -0.135. The maximum atomic E-state index is 14.3. The number of hydrogen-bond donors (Lipinski definition) is 16. The lowest BCUT2D eigenvalue weighted by Gasteiger charge is -2.35. The summed E-state index contributed by atoms with van der Waals surface area (Å²) in [7, 11) is 0. The highest BCUT2D eigenvalue weighted by atomic mass is 35.5. The third kappa shape index (κ3) is 18.7. The normalized spacial score (nSPS) is 15.8.